The van der Waals surface area contributed by atoms with Crippen LogP contribution < -0.4 is 0 Å². The molecule has 1 rings (SSSR count). The Labute approximate surface area is 177 Å². The van der Waals surface area contributed by atoms with Crippen molar-refractivity contribution in [2.75, 3.05) is 0 Å². The van der Waals surface area contributed by atoms with Crippen molar-refractivity contribution >= 4 is 12.4 Å². The van der Waals surface area contributed by atoms with Gasteiger partial charge in [0.15, 0.2) is 6.29 Å². The van der Waals surface area contributed by atoms with Gasteiger partial charge in [0.1, 0.15) is 18.0 Å². The fourth-order valence-electron chi connectivity index (χ4n) is 2.82. The van der Waals surface area contributed by atoms with Crippen molar-refractivity contribution in [2.45, 2.75) is 76.5 Å². The molecule has 0 aromatic heterocycles. The average Bonchev–Trinajstić information content (AvgIpc) is 2.66. The van der Waals surface area contributed by atoms with Crippen molar-refractivity contribution in [1.82, 2.24) is 0 Å². The Bertz CT molecular complexity index is 732. The lowest BCUT2D eigenvalue weighted by atomic mass is 9.90. The van der Waals surface area contributed by atoms with Crippen LogP contribution in [0.1, 0.15) is 61.5 Å². The van der Waals surface area contributed by atoms with Gasteiger partial charge in [-0.1, -0.05) is 30.4 Å². The topological polar surface area (TPSA) is 138 Å². The third-order valence-electron chi connectivity index (χ3n) is 4.84. The Balaban J connectivity index is 2.98. The van der Waals surface area contributed by atoms with E-state index in [0.717, 1.165) is 6.42 Å². The van der Waals surface area contributed by atoms with Gasteiger partial charge in [-0.05, 0) is 57.2 Å². The fraction of sp³-hybridized carbons (Fsp3) is 0.522. The largest absolute Gasteiger partial charge is 0.507 e. The predicted molar refractivity (Wildman–Crippen MR) is 115 cm³/mol. The molecule has 0 radical (unpaired) electrons. The lowest BCUT2D eigenvalue weighted by Crippen LogP contribution is -2.37. The summed E-state index contributed by atoms with van der Waals surface area (Å²) in [6, 6.07) is 2.86. The Hall–Kier alpha value is -2.03. The lowest BCUT2D eigenvalue weighted by Gasteiger charge is -2.25. The van der Waals surface area contributed by atoms with Gasteiger partial charge < -0.3 is 30.6 Å². The number of aromatic hydroxyl groups is 1. The van der Waals surface area contributed by atoms with Gasteiger partial charge in [0.05, 0.1) is 23.4 Å². The first-order valence-corrected chi connectivity index (χ1v) is 10.1. The van der Waals surface area contributed by atoms with Crippen molar-refractivity contribution in [1.29, 1.82) is 0 Å². The van der Waals surface area contributed by atoms with Crippen LogP contribution in [0.2, 0.25) is 0 Å². The van der Waals surface area contributed by atoms with E-state index in [0.29, 0.717) is 30.3 Å². The van der Waals surface area contributed by atoms with Gasteiger partial charge in [-0.3, -0.25) is 4.79 Å². The van der Waals surface area contributed by atoms with E-state index in [9.17, 15) is 35.4 Å². The van der Waals surface area contributed by atoms with Crippen molar-refractivity contribution in [3.63, 3.8) is 0 Å². The fourth-order valence-corrected chi connectivity index (χ4v) is 2.82. The highest BCUT2D eigenvalue weighted by Gasteiger charge is 2.26. The number of unbranched alkanes of at least 4 members (excludes halogenated alkanes) is 1. The van der Waals surface area contributed by atoms with Crippen LogP contribution in [0.15, 0.2) is 30.4 Å². The van der Waals surface area contributed by atoms with Crippen LogP contribution in [0, 0.1) is 0 Å². The van der Waals surface area contributed by atoms with Crippen LogP contribution in [0.3, 0.4) is 0 Å². The summed E-state index contributed by atoms with van der Waals surface area (Å²) in [6.45, 7) is 4.63. The van der Waals surface area contributed by atoms with Crippen LogP contribution in [0.4, 0.5) is 0 Å². The molecule has 0 aliphatic rings. The maximum atomic E-state index is 11.5. The average molecular weight is 423 g/mol. The van der Waals surface area contributed by atoms with Gasteiger partial charge in [0, 0.05) is 6.42 Å². The number of allylic oxidation sites excluding steroid dienone is 1. The smallest absolute Gasteiger partial charge is 0.154 e. The maximum Gasteiger partial charge on any atom is 0.154 e. The number of hydrogen-bond acceptors (Lipinski definition) is 7. The molecule has 30 heavy (non-hydrogen) atoms. The van der Waals surface area contributed by atoms with Crippen molar-refractivity contribution < 1.29 is 35.4 Å². The van der Waals surface area contributed by atoms with Crippen LogP contribution in [-0.4, -0.2) is 66.9 Å². The van der Waals surface area contributed by atoms with Gasteiger partial charge >= 0.3 is 0 Å². The molecule has 0 unspecified atom stereocenters. The van der Waals surface area contributed by atoms with E-state index in [1.165, 1.54) is 44.2 Å². The van der Waals surface area contributed by atoms with Crippen LogP contribution in [-0.2, 0) is 6.42 Å². The summed E-state index contributed by atoms with van der Waals surface area (Å²) in [5.74, 6) is -0.251. The molecule has 4 atom stereocenters. The number of aldehydes is 1. The van der Waals surface area contributed by atoms with Crippen molar-refractivity contribution in [3.8, 4) is 5.75 Å². The van der Waals surface area contributed by atoms with Gasteiger partial charge in [0.25, 0.3) is 0 Å². The summed E-state index contributed by atoms with van der Waals surface area (Å²) in [6.07, 6.45) is 4.51. The molecule has 0 fully saturated rings. The highest BCUT2D eigenvalue weighted by atomic mass is 16.3. The van der Waals surface area contributed by atoms with E-state index in [2.05, 4.69) is 0 Å². The molecule has 168 valence electrons. The summed E-state index contributed by atoms with van der Waals surface area (Å²) in [7, 11) is 0. The molecule has 0 bridgehead atoms. The van der Waals surface area contributed by atoms with Crippen molar-refractivity contribution in [2.24, 2.45) is 0 Å². The highest BCUT2D eigenvalue weighted by molar-refractivity contribution is 5.86. The third-order valence-corrected chi connectivity index (χ3v) is 4.84. The monoisotopic (exact) mass is 422 g/mol. The van der Waals surface area contributed by atoms with Crippen LogP contribution in [0.5, 0.6) is 5.75 Å². The van der Waals surface area contributed by atoms with Gasteiger partial charge in [-0.2, -0.15) is 0 Å². The number of carbonyl (C=O) groups excluding carboxylic acids is 1. The number of hydrogen-bond donors (Lipinski definition) is 6. The highest BCUT2D eigenvalue weighted by Crippen LogP contribution is 2.27. The second kappa shape index (κ2) is 12.0. The molecular formula is C23H34O7. The number of carbonyl (C=O) groups is 1. The zero-order chi connectivity index (χ0) is 22.9. The Morgan fingerprint density at radius 1 is 1.03 bits per heavy atom. The zero-order valence-corrected chi connectivity index (χ0v) is 17.8. The molecule has 0 heterocycles. The number of rotatable bonds is 12. The molecular weight excluding hydrogens is 388 g/mol. The first-order chi connectivity index (χ1) is 14.0. The predicted octanol–water partition coefficient (Wildman–Crippen LogP) is 1.72. The van der Waals surface area contributed by atoms with E-state index in [4.69, 9.17) is 0 Å². The van der Waals surface area contributed by atoms with E-state index in [1.54, 1.807) is 13.0 Å². The minimum Gasteiger partial charge on any atom is -0.507 e. The minimum absolute atomic E-state index is 0.0120. The summed E-state index contributed by atoms with van der Waals surface area (Å²) >= 11 is 0. The Morgan fingerprint density at radius 3 is 2.23 bits per heavy atom. The van der Waals surface area contributed by atoms with E-state index < -0.39 is 23.9 Å². The summed E-state index contributed by atoms with van der Waals surface area (Å²) in [4.78, 5) is 11.5. The zero-order valence-electron chi connectivity index (χ0n) is 17.8. The molecule has 6 N–H and O–H groups in total. The first-order valence-electron chi connectivity index (χ1n) is 10.1. The molecule has 0 saturated heterocycles. The van der Waals surface area contributed by atoms with Crippen LogP contribution in [0.25, 0.3) is 6.08 Å². The van der Waals surface area contributed by atoms with Gasteiger partial charge in [-0.25, -0.2) is 0 Å². The van der Waals surface area contributed by atoms with E-state index in [-0.39, 0.29) is 23.8 Å². The van der Waals surface area contributed by atoms with Gasteiger partial charge in [-0.15, -0.1) is 0 Å². The molecule has 0 aliphatic heterocycles. The minimum atomic E-state index is -1.37. The van der Waals surface area contributed by atoms with Crippen molar-refractivity contribution in [3.05, 3.63) is 47.1 Å². The molecule has 0 aliphatic carbocycles. The van der Waals surface area contributed by atoms with E-state index in [1.807, 2.05) is 0 Å². The summed E-state index contributed by atoms with van der Waals surface area (Å²) < 4.78 is 0. The molecule has 1 aromatic rings. The maximum absolute atomic E-state index is 11.5. The number of benzene rings is 1. The molecule has 7 heteroatoms. The summed E-state index contributed by atoms with van der Waals surface area (Å²) in [5, 5.41) is 59.6. The van der Waals surface area contributed by atoms with E-state index >= 15 is 0 Å². The van der Waals surface area contributed by atoms with Crippen LogP contribution >= 0.6 is 0 Å². The molecule has 0 saturated carbocycles. The molecule has 1 aromatic carbocycles. The SMILES string of the molecule is C[C@H](O)CCCC=C[C@H](O)[C@@H](O)C=Cc1c(C[C@H](O)C(C)(C)O)ccc(O)c1C=O. The second-order valence-corrected chi connectivity index (χ2v) is 8.11. The molecule has 7 nitrogen and oxygen atoms in total. The normalized spacial score (nSPS) is 16.7. The number of aliphatic hydroxyl groups excluding tert-OH is 4. The lowest BCUT2D eigenvalue weighted by molar-refractivity contribution is -0.0469. The summed E-state index contributed by atoms with van der Waals surface area (Å²) in [5.41, 5.74) is -0.590. The quantitative estimate of drug-likeness (QED) is 0.171. The van der Waals surface area contributed by atoms with Gasteiger partial charge in [0.2, 0.25) is 0 Å². The molecule has 0 spiro atoms. The number of phenols is 1. The number of aliphatic hydroxyl groups is 5. The first kappa shape index (κ1) is 26.0. The standard InChI is InChI=1S/C23H34O7/c1-15(25)7-5-4-6-8-20(27)21(28)12-10-17-16(13-22(29)23(2,3)30)9-11-19(26)18(17)14-24/h6,8-12,14-15,20-22,25-30H,4-5,7,13H2,1-3H3/t15-,20-,21-,22-/m0/s1. The third kappa shape index (κ3) is 8.38. The Kier molecular flexibility index (Phi) is 10.4. The number of phenolic OH excluding ortho intramolecular Hbond substituents is 1. The Morgan fingerprint density at radius 2 is 1.67 bits per heavy atom. The second-order valence-electron chi connectivity index (χ2n) is 8.11. The molecule has 0 amide bonds.